The first-order valence-corrected chi connectivity index (χ1v) is 32.1. The van der Waals surface area contributed by atoms with E-state index < -0.39 is 6.10 Å². The van der Waals surface area contributed by atoms with Gasteiger partial charge in [-0.25, -0.2) is 0 Å². The molecular weight excluding hydrogens is 877 g/mol. The molecule has 0 amide bonds. The van der Waals surface area contributed by atoms with Crippen LogP contribution in [0.2, 0.25) is 0 Å². The molecule has 0 saturated carbocycles. The molecule has 0 aromatic heterocycles. The number of esters is 3. The Balaban J connectivity index is 4.29. The first kappa shape index (κ1) is 69.4. The number of hydrogen-bond donors (Lipinski definition) is 0. The molecule has 0 saturated heterocycles. The van der Waals surface area contributed by atoms with E-state index in [0.717, 1.165) is 75.5 Å². The molecule has 0 heterocycles. The van der Waals surface area contributed by atoms with Crippen molar-refractivity contribution in [3.63, 3.8) is 0 Å². The second-order valence-corrected chi connectivity index (χ2v) is 23.8. The highest BCUT2D eigenvalue weighted by Crippen LogP contribution is 2.19. The number of carbonyl (C=O) groups is 3. The van der Waals surface area contributed by atoms with Gasteiger partial charge in [0.15, 0.2) is 6.10 Å². The zero-order chi connectivity index (χ0) is 51.9. The summed E-state index contributed by atoms with van der Waals surface area (Å²) in [6, 6.07) is 0. The quantitative estimate of drug-likeness (QED) is 0.0343. The molecule has 0 bridgehead atoms. The first-order chi connectivity index (χ1) is 34.6. The molecule has 0 aliphatic rings. The third-order valence-electron chi connectivity index (χ3n) is 14.9. The summed E-state index contributed by atoms with van der Waals surface area (Å²) in [6.07, 6.45) is 61.0. The molecule has 0 unspecified atom stereocenters. The van der Waals surface area contributed by atoms with E-state index in [4.69, 9.17) is 14.2 Å². The van der Waals surface area contributed by atoms with Crippen LogP contribution in [0.15, 0.2) is 0 Å². The molecule has 6 nitrogen and oxygen atoms in total. The van der Waals surface area contributed by atoms with Gasteiger partial charge in [-0.1, -0.05) is 324 Å². The fraction of sp³-hybridized carbons (Fsp3) is 0.954. The average molecular weight is 1000 g/mol. The maximum absolute atomic E-state index is 12.9. The molecule has 0 aromatic carbocycles. The van der Waals surface area contributed by atoms with Crippen molar-refractivity contribution in [1.82, 2.24) is 0 Å². The monoisotopic (exact) mass is 1000 g/mol. The number of unbranched alkanes of at least 4 members (excludes halogenated alkanes) is 41. The first-order valence-electron chi connectivity index (χ1n) is 32.1. The van der Waals surface area contributed by atoms with Gasteiger partial charge in [-0.15, -0.1) is 0 Å². The summed E-state index contributed by atoms with van der Waals surface area (Å²) in [7, 11) is 0. The number of hydrogen-bond acceptors (Lipinski definition) is 6. The summed E-state index contributed by atoms with van der Waals surface area (Å²) in [5, 5.41) is 0. The molecule has 0 spiro atoms. The van der Waals surface area contributed by atoms with Gasteiger partial charge in [0.2, 0.25) is 0 Å². The Kier molecular flexibility index (Phi) is 54.9. The molecule has 1 atom stereocenters. The van der Waals surface area contributed by atoms with Gasteiger partial charge in [0.25, 0.3) is 0 Å². The minimum Gasteiger partial charge on any atom is -0.462 e. The Morgan fingerprint density at radius 2 is 0.408 bits per heavy atom. The lowest BCUT2D eigenvalue weighted by Crippen LogP contribution is -2.30. The van der Waals surface area contributed by atoms with Crippen molar-refractivity contribution in [3.8, 4) is 0 Å². The van der Waals surface area contributed by atoms with Crippen LogP contribution in [0, 0.1) is 17.8 Å². The smallest absolute Gasteiger partial charge is 0.306 e. The summed E-state index contributed by atoms with van der Waals surface area (Å²) in [5.41, 5.74) is 0. The van der Waals surface area contributed by atoms with Gasteiger partial charge in [0.1, 0.15) is 13.2 Å². The summed E-state index contributed by atoms with van der Waals surface area (Å²) in [6.45, 7) is 13.8. The van der Waals surface area contributed by atoms with Crippen LogP contribution >= 0.6 is 0 Å². The van der Waals surface area contributed by atoms with Gasteiger partial charge in [-0.3, -0.25) is 14.4 Å². The van der Waals surface area contributed by atoms with Crippen molar-refractivity contribution in [1.29, 1.82) is 0 Å². The highest BCUT2D eigenvalue weighted by atomic mass is 16.6. The van der Waals surface area contributed by atoms with Crippen molar-refractivity contribution >= 4 is 17.9 Å². The van der Waals surface area contributed by atoms with Crippen molar-refractivity contribution in [3.05, 3.63) is 0 Å². The van der Waals surface area contributed by atoms with Crippen LogP contribution in [0.3, 0.4) is 0 Å². The van der Waals surface area contributed by atoms with Gasteiger partial charge in [-0.2, -0.15) is 0 Å². The van der Waals surface area contributed by atoms with E-state index in [1.807, 2.05) is 0 Å². The highest BCUT2D eigenvalue weighted by molar-refractivity contribution is 5.71. The van der Waals surface area contributed by atoms with E-state index in [9.17, 15) is 14.4 Å². The van der Waals surface area contributed by atoms with E-state index in [2.05, 4.69) is 41.5 Å². The van der Waals surface area contributed by atoms with Crippen LogP contribution in [0.25, 0.3) is 0 Å². The minimum atomic E-state index is -0.764. The van der Waals surface area contributed by atoms with Gasteiger partial charge in [0.05, 0.1) is 0 Å². The predicted molar refractivity (Wildman–Crippen MR) is 307 cm³/mol. The summed E-state index contributed by atoms with van der Waals surface area (Å²) in [4.78, 5) is 38.3. The van der Waals surface area contributed by atoms with Crippen LogP contribution in [0.4, 0.5) is 0 Å². The molecule has 0 N–H and O–H groups in total. The van der Waals surface area contributed by atoms with Crippen LogP contribution in [0.1, 0.15) is 363 Å². The van der Waals surface area contributed by atoms with Crippen LogP contribution in [-0.2, 0) is 28.6 Å². The Morgan fingerprint density at radius 3 is 0.606 bits per heavy atom. The molecule has 0 fully saturated rings. The van der Waals surface area contributed by atoms with E-state index in [-0.39, 0.29) is 31.1 Å². The summed E-state index contributed by atoms with van der Waals surface area (Å²) in [5.74, 6) is 1.71. The summed E-state index contributed by atoms with van der Waals surface area (Å²) >= 11 is 0. The molecule has 0 rings (SSSR count). The van der Waals surface area contributed by atoms with Crippen molar-refractivity contribution in [2.75, 3.05) is 13.2 Å². The standard InChI is InChI=1S/C65H126O6/c1-59(2)51-45-39-33-27-21-15-10-7-8-12-19-26-32-38-44-50-56-65(68)71-62(58-70-64(67)55-49-43-37-31-25-20-14-17-23-29-35-41-47-53-61(5)6)57-69-63(66)54-48-42-36-30-24-18-13-9-11-16-22-28-34-40-46-52-60(3)4/h59-62H,7-58H2,1-6H3/t62-/m0/s1. The molecule has 0 aromatic rings. The van der Waals surface area contributed by atoms with Gasteiger partial charge in [-0.05, 0) is 37.0 Å². The molecule has 0 aliphatic carbocycles. The van der Waals surface area contributed by atoms with Crippen LogP contribution in [-0.4, -0.2) is 37.2 Å². The van der Waals surface area contributed by atoms with E-state index in [1.165, 1.54) is 244 Å². The number of ether oxygens (including phenoxy) is 3. The predicted octanol–water partition coefficient (Wildman–Crippen LogP) is 21.5. The normalized spacial score (nSPS) is 12.1. The van der Waals surface area contributed by atoms with Gasteiger partial charge < -0.3 is 14.2 Å². The minimum absolute atomic E-state index is 0.0625. The zero-order valence-electron chi connectivity index (χ0n) is 49.0. The SMILES string of the molecule is CC(C)CCCCCCCCCCCCCCCCCCC(=O)O[C@@H](COC(=O)CCCCCCCCCCCCCCCCCC(C)C)COC(=O)CCCCCCCCCCCCCCCC(C)C. The average Bonchev–Trinajstić information content (AvgIpc) is 3.33. The number of rotatable bonds is 58. The van der Waals surface area contributed by atoms with Crippen LogP contribution in [0.5, 0.6) is 0 Å². The molecule has 422 valence electrons. The Labute approximate surface area is 444 Å². The van der Waals surface area contributed by atoms with Crippen LogP contribution < -0.4 is 0 Å². The topological polar surface area (TPSA) is 78.9 Å². The van der Waals surface area contributed by atoms with Crippen molar-refractivity contribution in [2.45, 2.75) is 369 Å². The second kappa shape index (κ2) is 56.1. The van der Waals surface area contributed by atoms with Crippen molar-refractivity contribution < 1.29 is 28.6 Å². The maximum Gasteiger partial charge on any atom is 0.306 e. The third kappa shape index (κ3) is 59.2. The Morgan fingerprint density at radius 1 is 0.239 bits per heavy atom. The summed E-state index contributed by atoms with van der Waals surface area (Å²) < 4.78 is 17.0. The lowest BCUT2D eigenvalue weighted by Gasteiger charge is -2.18. The second-order valence-electron chi connectivity index (χ2n) is 23.8. The maximum atomic E-state index is 12.9. The van der Waals surface area contributed by atoms with E-state index in [0.29, 0.717) is 19.3 Å². The Hall–Kier alpha value is -1.59. The fourth-order valence-electron chi connectivity index (χ4n) is 10.1. The molecule has 0 radical (unpaired) electrons. The largest absolute Gasteiger partial charge is 0.462 e. The fourth-order valence-corrected chi connectivity index (χ4v) is 10.1. The Bertz CT molecular complexity index is 1100. The third-order valence-corrected chi connectivity index (χ3v) is 14.9. The highest BCUT2D eigenvalue weighted by Gasteiger charge is 2.19. The van der Waals surface area contributed by atoms with Gasteiger partial charge in [0, 0.05) is 19.3 Å². The van der Waals surface area contributed by atoms with Gasteiger partial charge >= 0.3 is 17.9 Å². The zero-order valence-corrected chi connectivity index (χ0v) is 49.0. The van der Waals surface area contributed by atoms with E-state index in [1.54, 1.807) is 0 Å². The number of carbonyl (C=O) groups excluding carboxylic acids is 3. The lowest BCUT2D eigenvalue weighted by molar-refractivity contribution is -0.167. The lowest BCUT2D eigenvalue weighted by atomic mass is 10.0. The van der Waals surface area contributed by atoms with E-state index >= 15 is 0 Å². The molecular formula is C65H126O6. The molecule has 0 aliphatic heterocycles. The van der Waals surface area contributed by atoms with Crippen molar-refractivity contribution in [2.24, 2.45) is 17.8 Å². The molecule has 6 heteroatoms. The molecule has 71 heavy (non-hydrogen) atoms.